The van der Waals surface area contributed by atoms with Gasteiger partial charge in [0.25, 0.3) is 5.91 Å². The van der Waals surface area contributed by atoms with Crippen molar-refractivity contribution in [2.24, 2.45) is 5.73 Å². The van der Waals surface area contributed by atoms with Crippen LogP contribution in [0.5, 0.6) is 0 Å². The van der Waals surface area contributed by atoms with Crippen LogP contribution in [-0.2, 0) is 0 Å². The number of carbonyl (C=O) groups is 1. The number of halogens is 2. The van der Waals surface area contributed by atoms with E-state index < -0.39 is 0 Å². The van der Waals surface area contributed by atoms with Crippen molar-refractivity contribution in [2.45, 2.75) is 44.7 Å². The van der Waals surface area contributed by atoms with Crippen LogP contribution in [-0.4, -0.2) is 51.1 Å². The minimum atomic E-state index is -0.101. The van der Waals surface area contributed by atoms with Crippen molar-refractivity contribution in [3.8, 4) is 0 Å². The van der Waals surface area contributed by atoms with Gasteiger partial charge in [-0.2, -0.15) is 5.10 Å². The Morgan fingerprint density at radius 1 is 1.12 bits per heavy atom. The number of benzene rings is 1. The van der Waals surface area contributed by atoms with Gasteiger partial charge in [0.15, 0.2) is 5.65 Å². The summed E-state index contributed by atoms with van der Waals surface area (Å²) in [6.45, 7) is 4.47. The van der Waals surface area contributed by atoms with Crippen molar-refractivity contribution in [3.63, 3.8) is 0 Å². The lowest BCUT2D eigenvalue weighted by Gasteiger charge is -2.34. The van der Waals surface area contributed by atoms with Gasteiger partial charge in [-0.25, -0.2) is 9.50 Å². The quantitative estimate of drug-likeness (QED) is 0.616. The molecule has 4 heterocycles. The van der Waals surface area contributed by atoms with E-state index in [-0.39, 0.29) is 18.0 Å². The fourth-order valence-electron chi connectivity index (χ4n) is 4.76. The van der Waals surface area contributed by atoms with E-state index in [1.165, 1.54) is 0 Å². The Kier molecular flexibility index (Phi) is 5.73. The van der Waals surface area contributed by atoms with E-state index in [0.717, 1.165) is 61.5 Å². The summed E-state index contributed by atoms with van der Waals surface area (Å²) in [6.07, 6.45) is 5.87. The smallest absolute Gasteiger partial charge is 0.254 e. The number of carbonyl (C=O) groups excluding carboxylic acids is 1. The minimum absolute atomic E-state index is 0.0544. The first-order chi connectivity index (χ1) is 15.4. The van der Waals surface area contributed by atoms with Crippen molar-refractivity contribution < 1.29 is 4.79 Å². The number of nitrogens with two attached hydrogens (primary N) is 1. The van der Waals surface area contributed by atoms with E-state index in [2.05, 4.69) is 4.90 Å². The van der Waals surface area contributed by atoms with Gasteiger partial charge >= 0.3 is 0 Å². The third kappa shape index (κ3) is 3.93. The van der Waals surface area contributed by atoms with Crippen molar-refractivity contribution in [1.29, 1.82) is 0 Å². The standard InChI is InChI=1S/C23H26Cl2N6O/c1-14-12-31-21(27-22(14)29-9-7-16(26)13-29)11-19(28-31)20-4-2-3-8-30(20)23(32)15-5-6-17(24)18(25)10-15/h5-6,10-12,16,20H,2-4,7-9,13,26H2,1H3/t16-,20-/m0/s1. The number of nitrogens with zero attached hydrogens (tertiary/aromatic N) is 5. The Labute approximate surface area is 197 Å². The zero-order valence-electron chi connectivity index (χ0n) is 18.0. The van der Waals surface area contributed by atoms with E-state index in [0.29, 0.717) is 22.2 Å². The second-order valence-electron chi connectivity index (χ2n) is 8.75. The molecular formula is C23H26Cl2N6O. The maximum Gasteiger partial charge on any atom is 0.254 e. The van der Waals surface area contributed by atoms with Gasteiger partial charge in [0, 0.05) is 49.1 Å². The lowest BCUT2D eigenvalue weighted by atomic mass is 9.98. The number of aromatic nitrogens is 3. The van der Waals surface area contributed by atoms with Crippen molar-refractivity contribution in [2.75, 3.05) is 24.5 Å². The normalized spacial score (nSPS) is 21.5. The topological polar surface area (TPSA) is 79.8 Å². The Morgan fingerprint density at radius 3 is 2.72 bits per heavy atom. The number of aryl methyl sites for hydroxylation is 1. The summed E-state index contributed by atoms with van der Waals surface area (Å²) in [4.78, 5) is 22.4. The molecule has 7 nitrogen and oxygen atoms in total. The number of fused-ring (bicyclic) bond motifs is 1. The molecule has 32 heavy (non-hydrogen) atoms. The fourth-order valence-corrected chi connectivity index (χ4v) is 5.06. The Bertz CT molecular complexity index is 1180. The number of rotatable bonds is 3. The van der Waals surface area contributed by atoms with Gasteiger partial charge in [-0.1, -0.05) is 23.2 Å². The molecule has 0 saturated carbocycles. The maximum absolute atomic E-state index is 13.3. The van der Waals surface area contributed by atoms with Crippen LogP contribution in [0.25, 0.3) is 5.65 Å². The van der Waals surface area contributed by atoms with Gasteiger partial charge in [-0.3, -0.25) is 4.79 Å². The Morgan fingerprint density at radius 2 is 1.97 bits per heavy atom. The molecule has 1 amide bonds. The SMILES string of the molecule is Cc1cn2nc([C@@H]3CCCCN3C(=O)c3ccc(Cl)c(Cl)c3)cc2nc1N1CC[C@H](N)C1. The third-order valence-electron chi connectivity index (χ3n) is 6.42. The largest absolute Gasteiger partial charge is 0.355 e. The van der Waals surface area contributed by atoms with Crippen LogP contribution in [0.2, 0.25) is 10.0 Å². The highest BCUT2D eigenvalue weighted by atomic mass is 35.5. The van der Waals surface area contributed by atoms with Crippen molar-refractivity contribution in [3.05, 3.63) is 57.3 Å². The molecule has 0 spiro atoms. The molecule has 2 fully saturated rings. The molecule has 9 heteroatoms. The average molecular weight is 473 g/mol. The summed E-state index contributed by atoms with van der Waals surface area (Å²) < 4.78 is 1.82. The summed E-state index contributed by atoms with van der Waals surface area (Å²) >= 11 is 12.2. The number of hydrogen-bond acceptors (Lipinski definition) is 5. The van der Waals surface area contributed by atoms with Crippen LogP contribution in [0.4, 0.5) is 5.82 Å². The summed E-state index contributed by atoms with van der Waals surface area (Å²) in [6, 6.07) is 7.12. The van der Waals surface area contributed by atoms with E-state index in [9.17, 15) is 4.79 Å². The number of amides is 1. The highest BCUT2D eigenvalue weighted by Gasteiger charge is 2.31. The lowest BCUT2D eigenvalue weighted by molar-refractivity contribution is 0.0605. The predicted octanol–water partition coefficient (Wildman–Crippen LogP) is 4.25. The Balaban J connectivity index is 1.47. The highest BCUT2D eigenvalue weighted by Crippen LogP contribution is 2.33. The molecule has 0 aliphatic carbocycles. The minimum Gasteiger partial charge on any atom is -0.355 e. The molecule has 2 atom stereocenters. The first-order valence-corrected chi connectivity index (χ1v) is 11.8. The predicted molar refractivity (Wildman–Crippen MR) is 127 cm³/mol. The molecule has 168 valence electrons. The number of anilines is 1. The Hall–Kier alpha value is -2.35. The van der Waals surface area contributed by atoms with Crippen molar-refractivity contribution >= 4 is 40.6 Å². The first kappa shape index (κ1) is 21.5. The van der Waals surface area contributed by atoms with Crippen molar-refractivity contribution in [1.82, 2.24) is 19.5 Å². The summed E-state index contributed by atoms with van der Waals surface area (Å²) in [5, 5.41) is 5.63. The van der Waals surface area contributed by atoms with E-state index in [1.807, 2.05) is 28.6 Å². The van der Waals surface area contributed by atoms with Crippen LogP contribution in [0.3, 0.4) is 0 Å². The molecule has 2 saturated heterocycles. The molecule has 1 aromatic carbocycles. The van der Waals surface area contributed by atoms with Gasteiger partial charge in [-0.15, -0.1) is 0 Å². The monoisotopic (exact) mass is 472 g/mol. The molecule has 0 radical (unpaired) electrons. The molecule has 2 aliphatic heterocycles. The van der Waals surface area contributed by atoms with Gasteiger partial charge in [0.2, 0.25) is 0 Å². The molecular weight excluding hydrogens is 447 g/mol. The van der Waals surface area contributed by atoms with Gasteiger partial charge in [0.1, 0.15) is 5.82 Å². The molecule has 2 aromatic heterocycles. The van der Waals surface area contributed by atoms with Crippen LogP contribution in [0.15, 0.2) is 30.5 Å². The summed E-state index contributed by atoms with van der Waals surface area (Å²) in [7, 11) is 0. The van der Waals surface area contributed by atoms with Gasteiger partial charge in [-0.05, 0) is 50.8 Å². The molecule has 2 N–H and O–H groups in total. The number of piperidine rings is 1. The zero-order chi connectivity index (χ0) is 22.4. The van der Waals surface area contributed by atoms with Crippen LogP contribution < -0.4 is 10.6 Å². The zero-order valence-corrected chi connectivity index (χ0v) is 19.5. The van der Waals surface area contributed by atoms with Crippen LogP contribution >= 0.6 is 23.2 Å². The number of hydrogen-bond donors (Lipinski definition) is 1. The third-order valence-corrected chi connectivity index (χ3v) is 7.16. The average Bonchev–Trinajstić information content (AvgIpc) is 3.40. The molecule has 3 aromatic rings. The van der Waals surface area contributed by atoms with E-state index in [4.69, 9.17) is 39.0 Å². The molecule has 0 bridgehead atoms. The van der Waals surface area contributed by atoms with Gasteiger partial charge < -0.3 is 15.5 Å². The second-order valence-corrected chi connectivity index (χ2v) is 9.57. The molecule has 2 aliphatic rings. The lowest BCUT2D eigenvalue weighted by Crippen LogP contribution is -2.38. The van der Waals surface area contributed by atoms with Crippen LogP contribution in [0, 0.1) is 6.92 Å². The second kappa shape index (κ2) is 8.54. The molecule has 0 unspecified atom stereocenters. The maximum atomic E-state index is 13.3. The first-order valence-electron chi connectivity index (χ1n) is 11.0. The fraction of sp³-hybridized carbons (Fsp3) is 0.435. The summed E-state index contributed by atoms with van der Waals surface area (Å²) in [5.74, 6) is 0.908. The highest BCUT2D eigenvalue weighted by molar-refractivity contribution is 6.42. The summed E-state index contributed by atoms with van der Waals surface area (Å²) in [5.41, 5.74) is 9.35. The number of likely N-dealkylation sites (tertiary alicyclic amines) is 1. The van der Waals surface area contributed by atoms with E-state index >= 15 is 0 Å². The molecule has 5 rings (SSSR count). The van der Waals surface area contributed by atoms with Crippen LogP contribution in [0.1, 0.15) is 53.3 Å². The van der Waals surface area contributed by atoms with E-state index in [1.54, 1.807) is 18.2 Å². The van der Waals surface area contributed by atoms with Gasteiger partial charge in [0.05, 0.1) is 21.8 Å².